The highest BCUT2D eigenvalue weighted by atomic mass is 35.5. The van der Waals surface area contributed by atoms with Gasteiger partial charge < -0.3 is 9.84 Å². The number of pyridine rings is 1. The molecule has 0 aliphatic carbocycles. The van der Waals surface area contributed by atoms with Crippen LogP contribution in [0.1, 0.15) is 23.2 Å². The SMILES string of the molecule is O=C(O)Cc1nc(OC(F)(F)F)c(C(F)F)cc1CCl. The molecule has 0 atom stereocenters. The number of halogens is 6. The van der Waals surface area contributed by atoms with Crippen LogP contribution in [-0.4, -0.2) is 22.4 Å². The second kappa shape index (κ2) is 6.21. The summed E-state index contributed by atoms with van der Waals surface area (Å²) in [7, 11) is 0. The van der Waals surface area contributed by atoms with E-state index in [4.69, 9.17) is 16.7 Å². The highest BCUT2D eigenvalue weighted by molar-refractivity contribution is 6.17. The van der Waals surface area contributed by atoms with Crippen LogP contribution in [0.15, 0.2) is 6.07 Å². The Labute approximate surface area is 114 Å². The second-order valence-electron chi connectivity index (χ2n) is 3.54. The minimum absolute atomic E-state index is 0.0982. The van der Waals surface area contributed by atoms with Crippen LogP contribution < -0.4 is 4.74 Å². The monoisotopic (exact) mass is 319 g/mol. The Balaban J connectivity index is 3.34. The lowest BCUT2D eigenvalue weighted by molar-refractivity contribution is -0.276. The van der Waals surface area contributed by atoms with Crippen molar-refractivity contribution in [3.8, 4) is 5.88 Å². The van der Waals surface area contributed by atoms with Gasteiger partial charge in [0.05, 0.1) is 17.7 Å². The number of aromatic nitrogens is 1. The molecule has 1 heterocycles. The molecule has 10 heteroatoms. The molecule has 0 aliphatic rings. The fourth-order valence-corrected chi connectivity index (χ4v) is 1.58. The molecule has 1 aromatic heterocycles. The molecule has 0 aliphatic heterocycles. The first-order valence-electron chi connectivity index (χ1n) is 4.98. The molecule has 112 valence electrons. The highest BCUT2D eigenvalue weighted by Gasteiger charge is 2.34. The normalized spacial score (nSPS) is 11.8. The first-order chi connectivity index (χ1) is 9.14. The standard InChI is InChI=1S/C10H7ClF5NO3/c11-3-4-1-5(8(12)13)9(20-10(14,15)16)17-6(4)2-7(18)19/h1,8H,2-3H2,(H,18,19). The molecule has 0 saturated carbocycles. The average Bonchev–Trinajstić information content (AvgIpc) is 2.25. The summed E-state index contributed by atoms with van der Waals surface area (Å²) < 4.78 is 65.1. The van der Waals surface area contributed by atoms with Crippen LogP contribution in [0.5, 0.6) is 5.88 Å². The summed E-state index contributed by atoms with van der Waals surface area (Å²) >= 11 is 5.44. The highest BCUT2D eigenvalue weighted by Crippen LogP contribution is 2.33. The zero-order valence-corrected chi connectivity index (χ0v) is 10.3. The smallest absolute Gasteiger partial charge is 0.481 e. The summed E-state index contributed by atoms with van der Waals surface area (Å²) in [6.07, 6.45) is -9.26. The number of alkyl halides is 6. The minimum atomic E-state index is -5.22. The van der Waals surface area contributed by atoms with Gasteiger partial charge in [-0.2, -0.15) is 0 Å². The van der Waals surface area contributed by atoms with E-state index in [1.165, 1.54) is 0 Å². The van der Waals surface area contributed by atoms with Crippen molar-refractivity contribution in [2.45, 2.75) is 25.1 Å². The van der Waals surface area contributed by atoms with Crippen LogP contribution in [0.4, 0.5) is 22.0 Å². The third-order valence-corrected chi connectivity index (χ3v) is 2.38. The number of carboxylic acid groups (broad SMARTS) is 1. The molecule has 0 radical (unpaired) electrons. The lowest BCUT2D eigenvalue weighted by Crippen LogP contribution is -2.20. The largest absolute Gasteiger partial charge is 0.574 e. The van der Waals surface area contributed by atoms with Crippen molar-refractivity contribution in [3.05, 3.63) is 22.9 Å². The van der Waals surface area contributed by atoms with Gasteiger partial charge in [-0.25, -0.2) is 13.8 Å². The van der Waals surface area contributed by atoms with Crippen LogP contribution in [-0.2, 0) is 17.1 Å². The summed E-state index contributed by atoms with van der Waals surface area (Å²) in [5.74, 6) is -3.15. The molecular formula is C10H7ClF5NO3. The maximum Gasteiger partial charge on any atom is 0.574 e. The Hall–Kier alpha value is -1.64. The number of nitrogens with zero attached hydrogens (tertiary/aromatic N) is 1. The number of hydrogen-bond acceptors (Lipinski definition) is 3. The summed E-state index contributed by atoms with van der Waals surface area (Å²) in [6, 6.07) is 0.657. The van der Waals surface area contributed by atoms with Crippen molar-refractivity contribution in [3.63, 3.8) is 0 Å². The zero-order chi connectivity index (χ0) is 15.5. The van der Waals surface area contributed by atoms with Gasteiger partial charge >= 0.3 is 12.3 Å². The molecule has 0 spiro atoms. The molecule has 4 nitrogen and oxygen atoms in total. The molecule has 1 aromatic rings. The lowest BCUT2D eigenvalue weighted by atomic mass is 10.1. The van der Waals surface area contributed by atoms with Crippen LogP contribution in [0.25, 0.3) is 0 Å². The Bertz CT molecular complexity index is 506. The van der Waals surface area contributed by atoms with Gasteiger partial charge in [-0.15, -0.1) is 24.8 Å². The Morgan fingerprint density at radius 1 is 1.45 bits per heavy atom. The first kappa shape index (κ1) is 16.4. The van der Waals surface area contributed by atoms with Crippen molar-refractivity contribution < 1.29 is 36.6 Å². The summed E-state index contributed by atoms with van der Waals surface area (Å²) in [5.41, 5.74) is -1.57. The molecule has 0 aromatic carbocycles. The zero-order valence-electron chi connectivity index (χ0n) is 9.55. The molecular weight excluding hydrogens is 313 g/mol. The van der Waals surface area contributed by atoms with Crippen molar-refractivity contribution in [2.75, 3.05) is 0 Å². The number of ether oxygens (including phenoxy) is 1. The van der Waals surface area contributed by atoms with Gasteiger partial charge in [0.2, 0.25) is 5.88 Å². The van der Waals surface area contributed by atoms with E-state index in [1.54, 1.807) is 0 Å². The summed E-state index contributed by atoms with van der Waals surface area (Å²) in [4.78, 5) is 13.8. The lowest BCUT2D eigenvalue weighted by Gasteiger charge is -2.15. The molecule has 0 unspecified atom stereocenters. The van der Waals surface area contributed by atoms with E-state index in [0.717, 1.165) is 0 Å². The third-order valence-electron chi connectivity index (χ3n) is 2.09. The van der Waals surface area contributed by atoms with Gasteiger partial charge in [0.15, 0.2) is 0 Å². The number of carboxylic acids is 1. The van der Waals surface area contributed by atoms with Gasteiger partial charge in [-0.3, -0.25) is 4.79 Å². The van der Waals surface area contributed by atoms with Crippen LogP contribution in [0.3, 0.4) is 0 Å². The quantitative estimate of drug-likeness (QED) is 0.668. The Morgan fingerprint density at radius 2 is 2.05 bits per heavy atom. The predicted octanol–water partition coefficient (Wildman–Crippen LogP) is 3.28. The third kappa shape index (κ3) is 4.48. The van der Waals surface area contributed by atoms with Crippen LogP contribution >= 0.6 is 11.6 Å². The second-order valence-corrected chi connectivity index (χ2v) is 3.81. The van der Waals surface area contributed by atoms with E-state index in [-0.39, 0.29) is 17.1 Å². The van der Waals surface area contributed by atoms with E-state index in [9.17, 15) is 26.7 Å². The molecule has 0 fully saturated rings. The van der Waals surface area contributed by atoms with E-state index in [1.807, 2.05) is 0 Å². The van der Waals surface area contributed by atoms with Gasteiger partial charge in [-0.05, 0) is 11.6 Å². The number of hydrogen-bond donors (Lipinski definition) is 1. The fraction of sp³-hybridized carbons (Fsp3) is 0.400. The fourth-order valence-electron chi connectivity index (χ4n) is 1.35. The van der Waals surface area contributed by atoms with Crippen molar-refractivity contribution in [1.29, 1.82) is 0 Å². The summed E-state index contributed by atoms with van der Waals surface area (Å²) in [6.45, 7) is 0. The maximum atomic E-state index is 12.7. The average molecular weight is 320 g/mol. The Morgan fingerprint density at radius 3 is 2.45 bits per heavy atom. The van der Waals surface area contributed by atoms with E-state index >= 15 is 0 Å². The predicted molar refractivity (Wildman–Crippen MR) is 56.8 cm³/mol. The molecule has 20 heavy (non-hydrogen) atoms. The van der Waals surface area contributed by atoms with Gasteiger partial charge in [-0.1, -0.05) is 0 Å². The van der Waals surface area contributed by atoms with Gasteiger partial charge in [0, 0.05) is 5.88 Å². The number of carbonyl (C=O) groups is 1. The summed E-state index contributed by atoms with van der Waals surface area (Å²) in [5, 5.41) is 8.59. The molecule has 0 bridgehead atoms. The Kier molecular flexibility index (Phi) is 5.09. The van der Waals surface area contributed by atoms with E-state index < -0.39 is 36.6 Å². The maximum absolute atomic E-state index is 12.7. The number of aliphatic carboxylic acids is 1. The van der Waals surface area contributed by atoms with Crippen molar-refractivity contribution in [2.24, 2.45) is 0 Å². The van der Waals surface area contributed by atoms with Crippen molar-refractivity contribution in [1.82, 2.24) is 4.98 Å². The first-order valence-corrected chi connectivity index (χ1v) is 5.52. The molecule has 1 rings (SSSR count). The van der Waals surface area contributed by atoms with Crippen LogP contribution in [0.2, 0.25) is 0 Å². The minimum Gasteiger partial charge on any atom is -0.481 e. The molecule has 0 saturated heterocycles. The molecule has 0 amide bonds. The van der Waals surface area contributed by atoms with Gasteiger partial charge in [0.1, 0.15) is 0 Å². The molecule has 1 N–H and O–H groups in total. The van der Waals surface area contributed by atoms with Gasteiger partial charge in [0.25, 0.3) is 6.43 Å². The van der Waals surface area contributed by atoms with E-state index in [0.29, 0.717) is 6.07 Å². The topological polar surface area (TPSA) is 59.4 Å². The van der Waals surface area contributed by atoms with Crippen molar-refractivity contribution >= 4 is 17.6 Å². The number of rotatable bonds is 5. The van der Waals surface area contributed by atoms with Crippen LogP contribution in [0, 0.1) is 0 Å². The van der Waals surface area contributed by atoms with E-state index in [2.05, 4.69) is 9.72 Å².